The summed E-state index contributed by atoms with van der Waals surface area (Å²) in [6.07, 6.45) is 0.264. The number of hydrogen-bond donors (Lipinski definition) is 1. The predicted octanol–water partition coefficient (Wildman–Crippen LogP) is 1.68. The summed E-state index contributed by atoms with van der Waals surface area (Å²) in [5, 5.41) is 10.6. The molecule has 1 aromatic heterocycles. The first-order chi connectivity index (χ1) is 9.08. The summed E-state index contributed by atoms with van der Waals surface area (Å²) in [4.78, 5) is 14.2. The van der Waals surface area contributed by atoms with Crippen molar-refractivity contribution in [2.24, 2.45) is 0 Å². The molecule has 0 bridgehead atoms. The summed E-state index contributed by atoms with van der Waals surface area (Å²) in [6.45, 7) is 5.09. The normalized spacial score (nSPS) is 24.5. The Morgan fingerprint density at radius 1 is 1.63 bits per heavy atom. The molecule has 2 heterocycles. The van der Waals surface area contributed by atoms with Gasteiger partial charge in [-0.05, 0) is 13.0 Å². The maximum Gasteiger partial charge on any atom is 0.336 e. The van der Waals surface area contributed by atoms with Gasteiger partial charge in [0.25, 0.3) is 0 Å². The summed E-state index contributed by atoms with van der Waals surface area (Å²) in [7, 11) is 1.67. The van der Waals surface area contributed by atoms with Gasteiger partial charge in [0.1, 0.15) is 0 Å². The van der Waals surface area contributed by atoms with E-state index in [-0.39, 0.29) is 12.2 Å². The van der Waals surface area contributed by atoms with Crippen molar-refractivity contribution >= 4 is 17.3 Å². The van der Waals surface area contributed by atoms with E-state index in [2.05, 4.69) is 4.90 Å². The Balaban J connectivity index is 1.95. The molecule has 0 aliphatic carbocycles. The van der Waals surface area contributed by atoms with Crippen LogP contribution in [0, 0.1) is 0 Å². The van der Waals surface area contributed by atoms with Crippen molar-refractivity contribution in [2.75, 3.05) is 26.8 Å². The van der Waals surface area contributed by atoms with Crippen molar-refractivity contribution in [3.63, 3.8) is 0 Å². The molecule has 2 atom stereocenters. The fraction of sp³-hybridized carbons (Fsp3) is 0.615. The number of methoxy groups -OCH3 is 1. The molecular weight excluding hydrogens is 266 g/mol. The van der Waals surface area contributed by atoms with Crippen LogP contribution >= 0.6 is 11.3 Å². The van der Waals surface area contributed by atoms with E-state index in [4.69, 9.17) is 14.6 Å². The van der Waals surface area contributed by atoms with Gasteiger partial charge >= 0.3 is 5.97 Å². The average molecular weight is 285 g/mol. The van der Waals surface area contributed by atoms with Crippen LogP contribution in [0.2, 0.25) is 0 Å². The summed E-state index contributed by atoms with van der Waals surface area (Å²) >= 11 is 1.49. The highest BCUT2D eigenvalue weighted by Gasteiger charge is 2.25. The smallest absolute Gasteiger partial charge is 0.336 e. The van der Waals surface area contributed by atoms with Crippen molar-refractivity contribution in [3.8, 4) is 0 Å². The highest BCUT2D eigenvalue weighted by molar-refractivity contribution is 7.10. The number of morpholine rings is 1. The third-order valence-electron chi connectivity index (χ3n) is 3.03. The van der Waals surface area contributed by atoms with E-state index in [9.17, 15) is 4.79 Å². The lowest BCUT2D eigenvalue weighted by Crippen LogP contribution is -2.47. The molecule has 1 aliphatic heterocycles. The average Bonchev–Trinajstić information content (AvgIpc) is 2.77. The molecule has 1 N–H and O–H groups in total. The van der Waals surface area contributed by atoms with E-state index in [0.717, 1.165) is 24.5 Å². The molecule has 2 rings (SSSR count). The first kappa shape index (κ1) is 14.5. The van der Waals surface area contributed by atoms with Crippen molar-refractivity contribution in [3.05, 3.63) is 21.9 Å². The van der Waals surface area contributed by atoms with Gasteiger partial charge in [0.15, 0.2) is 0 Å². The number of carbonyl (C=O) groups is 1. The molecule has 106 valence electrons. The number of hydrogen-bond acceptors (Lipinski definition) is 5. The Morgan fingerprint density at radius 3 is 3.05 bits per heavy atom. The number of ether oxygens (including phenoxy) is 2. The van der Waals surface area contributed by atoms with Crippen LogP contribution in [0.4, 0.5) is 0 Å². The summed E-state index contributed by atoms with van der Waals surface area (Å²) in [5.41, 5.74) is 0.370. The zero-order valence-electron chi connectivity index (χ0n) is 11.2. The maximum absolute atomic E-state index is 10.9. The lowest BCUT2D eigenvalue weighted by Gasteiger charge is -2.36. The summed E-state index contributed by atoms with van der Waals surface area (Å²) < 4.78 is 10.9. The van der Waals surface area contributed by atoms with E-state index in [0.29, 0.717) is 12.2 Å². The van der Waals surface area contributed by atoms with Gasteiger partial charge in [-0.15, -0.1) is 11.3 Å². The van der Waals surface area contributed by atoms with E-state index >= 15 is 0 Å². The Kier molecular flexibility index (Phi) is 4.93. The molecule has 19 heavy (non-hydrogen) atoms. The van der Waals surface area contributed by atoms with Gasteiger partial charge in [-0.25, -0.2) is 4.79 Å². The molecule has 5 nitrogen and oxygen atoms in total. The van der Waals surface area contributed by atoms with Crippen LogP contribution < -0.4 is 0 Å². The minimum atomic E-state index is -0.866. The van der Waals surface area contributed by atoms with E-state index in [1.54, 1.807) is 18.6 Å². The van der Waals surface area contributed by atoms with Crippen molar-refractivity contribution in [1.82, 2.24) is 4.90 Å². The summed E-state index contributed by atoms with van der Waals surface area (Å²) in [5.74, 6) is -0.866. The largest absolute Gasteiger partial charge is 0.478 e. The fourth-order valence-corrected chi connectivity index (χ4v) is 3.24. The molecule has 1 saturated heterocycles. The van der Waals surface area contributed by atoms with E-state index in [1.807, 2.05) is 6.92 Å². The zero-order valence-corrected chi connectivity index (χ0v) is 12.0. The Morgan fingerprint density at radius 2 is 2.42 bits per heavy atom. The van der Waals surface area contributed by atoms with Gasteiger partial charge in [-0.3, -0.25) is 4.90 Å². The monoisotopic (exact) mass is 285 g/mol. The second-order valence-electron chi connectivity index (χ2n) is 4.82. The predicted molar refractivity (Wildman–Crippen MR) is 72.8 cm³/mol. The maximum atomic E-state index is 10.9. The van der Waals surface area contributed by atoms with Gasteiger partial charge in [0.2, 0.25) is 0 Å². The standard InChI is InChI=1S/C13H19NO4S/c1-9-4-14(5-11(18-9)7-17-2)6-12-3-10(8-19-12)13(15)16/h3,8-9,11H,4-7H2,1-2H3,(H,15,16). The van der Waals surface area contributed by atoms with Crippen molar-refractivity contribution in [2.45, 2.75) is 25.7 Å². The first-order valence-electron chi connectivity index (χ1n) is 6.26. The van der Waals surface area contributed by atoms with Gasteiger partial charge in [0.05, 0.1) is 24.4 Å². The van der Waals surface area contributed by atoms with Crippen LogP contribution in [0.3, 0.4) is 0 Å². The molecule has 0 aromatic carbocycles. The van der Waals surface area contributed by atoms with Crippen LogP contribution in [0.1, 0.15) is 22.2 Å². The van der Waals surface area contributed by atoms with Crippen molar-refractivity contribution < 1.29 is 19.4 Å². The van der Waals surface area contributed by atoms with Crippen LogP contribution in [0.25, 0.3) is 0 Å². The number of aromatic carboxylic acids is 1. The van der Waals surface area contributed by atoms with Crippen LogP contribution in [-0.4, -0.2) is 55.0 Å². The lowest BCUT2D eigenvalue weighted by molar-refractivity contribution is -0.103. The van der Waals surface area contributed by atoms with Gasteiger partial charge < -0.3 is 14.6 Å². The van der Waals surface area contributed by atoms with Gasteiger partial charge in [-0.1, -0.05) is 0 Å². The van der Waals surface area contributed by atoms with Gasteiger partial charge in [0, 0.05) is 37.0 Å². The van der Waals surface area contributed by atoms with E-state index in [1.165, 1.54) is 11.3 Å². The molecule has 1 aliphatic rings. The Bertz CT molecular complexity index is 434. The van der Waals surface area contributed by atoms with Crippen molar-refractivity contribution in [1.29, 1.82) is 0 Å². The van der Waals surface area contributed by atoms with Crippen LogP contribution in [0.5, 0.6) is 0 Å². The molecular formula is C13H19NO4S. The SMILES string of the molecule is COCC1CN(Cc2cc(C(=O)O)cs2)CC(C)O1. The zero-order chi connectivity index (χ0) is 13.8. The number of nitrogens with zero attached hydrogens (tertiary/aromatic N) is 1. The number of rotatable bonds is 5. The minimum absolute atomic E-state index is 0.0904. The third-order valence-corrected chi connectivity index (χ3v) is 3.96. The summed E-state index contributed by atoms with van der Waals surface area (Å²) in [6, 6.07) is 1.75. The Labute approximate surface area is 116 Å². The number of carboxylic acids is 1. The highest BCUT2D eigenvalue weighted by Crippen LogP contribution is 2.20. The first-order valence-corrected chi connectivity index (χ1v) is 7.14. The minimum Gasteiger partial charge on any atom is -0.478 e. The topological polar surface area (TPSA) is 59.0 Å². The van der Waals surface area contributed by atoms with Crippen LogP contribution in [0.15, 0.2) is 11.4 Å². The molecule has 6 heteroatoms. The van der Waals surface area contributed by atoms with Gasteiger partial charge in [-0.2, -0.15) is 0 Å². The Hall–Kier alpha value is -0.950. The number of thiophene rings is 1. The molecule has 1 aromatic rings. The van der Waals surface area contributed by atoms with E-state index < -0.39 is 5.97 Å². The molecule has 0 amide bonds. The molecule has 0 spiro atoms. The molecule has 1 fully saturated rings. The second-order valence-corrected chi connectivity index (χ2v) is 5.82. The molecule has 2 unspecified atom stereocenters. The third kappa shape index (κ3) is 4.01. The lowest BCUT2D eigenvalue weighted by atomic mass is 10.2. The number of carboxylic acid groups (broad SMARTS) is 1. The fourth-order valence-electron chi connectivity index (χ4n) is 2.34. The van der Waals surface area contributed by atoms with Crippen LogP contribution in [-0.2, 0) is 16.0 Å². The molecule has 0 radical (unpaired) electrons. The quantitative estimate of drug-likeness (QED) is 0.892. The second kappa shape index (κ2) is 6.47. The highest BCUT2D eigenvalue weighted by atomic mass is 32.1. The molecule has 0 saturated carbocycles.